The second kappa shape index (κ2) is 3.56. The molecule has 15 heavy (non-hydrogen) atoms. The largest absolute Gasteiger partial charge is 0.365 e. The summed E-state index contributed by atoms with van der Waals surface area (Å²) in [5.41, 5.74) is -0.0294. The zero-order valence-corrected chi connectivity index (χ0v) is 8.02. The normalized spacial score (nSPS) is 20.0. The molecule has 0 fully saturated rings. The lowest BCUT2D eigenvalue weighted by molar-refractivity contribution is 0.446. The summed E-state index contributed by atoms with van der Waals surface area (Å²) in [6.07, 6.45) is 0. The third-order valence-corrected chi connectivity index (χ3v) is 2.20. The molecule has 80 valence electrons. The van der Waals surface area contributed by atoms with Gasteiger partial charge in [0.15, 0.2) is 17.5 Å². The van der Waals surface area contributed by atoms with Gasteiger partial charge in [0.25, 0.3) is 0 Å². The lowest BCUT2D eigenvalue weighted by Gasteiger charge is -2.07. The Morgan fingerprint density at radius 1 is 1.27 bits per heavy atom. The molecule has 0 aromatic heterocycles. The Balaban J connectivity index is 2.42. The highest BCUT2D eigenvalue weighted by atomic mass is 19.2. The second-order valence-electron chi connectivity index (χ2n) is 3.46. The van der Waals surface area contributed by atoms with E-state index >= 15 is 0 Å². The molecular formula is C10H9F3N2. The summed E-state index contributed by atoms with van der Waals surface area (Å²) < 4.78 is 38.9. The topological polar surface area (TPSA) is 24.4 Å². The zero-order valence-electron chi connectivity index (χ0n) is 8.02. The smallest absolute Gasteiger partial charge is 0.195 e. The molecule has 1 aromatic rings. The maximum atomic E-state index is 13.3. The average molecular weight is 214 g/mol. The summed E-state index contributed by atoms with van der Waals surface area (Å²) in [7, 11) is 0. The minimum atomic E-state index is -1.46. The van der Waals surface area contributed by atoms with Crippen molar-refractivity contribution in [1.82, 2.24) is 5.32 Å². The van der Waals surface area contributed by atoms with Crippen LogP contribution in [0.2, 0.25) is 0 Å². The minimum absolute atomic E-state index is 0.0294. The summed E-state index contributed by atoms with van der Waals surface area (Å²) >= 11 is 0. The molecule has 1 aliphatic heterocycles. The fourth-order valence-corrected chi connectivity index (χ4v) is 1.42. The van der Waals surface area contributed by atoms with Crippen LogP contribution in [0.15, 0.2) is 17.1 Å². The molecule has 1 heterocycles. The number of rotatable bonds is 1. The van der Waals surface area contributed by atoms with Crippen molar-refractivity contribution in [2.75, 3.05) is 6.54 Å². The fourth-order valence-electron chi connectivity index (χ4n) is 1.42. The van der Waals surface area contributed by atoms with Crippen LogP contribution in [0.5, 0.6) is 0 Å². The number of benzene rings is 1. The van der Waals surface area contributed by atoms with Crippen LogP contribution in [0, 0.1) is 17.5 Å². The first-order valence-electron chi connectivity index (χ1n) is 4.54. The Hall–Kier alpha value is -1.52. The van der Waals surface area contributed by atoms with Crippen LogP contribution in [0.1, 0.15) is 12.5 Å². The van der Waals surface area contributed by atoms with Gasteiger partial charge < -0.3 is 5.32 Å². The van der Waals surface area contributed by atoms with Gasteiger partial charge in [-0.1, -0.05) is 0 Å². The standard InChI is InChI=1S/C10H9F3N2/c1-5-4-14-10(15-5)6-2-3-7(11)9(13)8(6)12/h2-3,5H,4H2,1H3,(H,14,15). The number of halogens is 3. The Labute approximate surface area is 84.8 Å². The van der Waals surface area contributed by atoms with Crippen LogP contribution < -0.4 is 5.32 Å². The van der Waals surface area contributed by atoms with Gasteiger partial charge in [-0.25, -0.2) is 13.2 Å². The third kappa shape index (κ3) is 1.69. The Morgan fingerprint density at radius 2 is 2.00 bits per heavy atom. The Bertz CT molecular complexity index is 429. The van der Waals surface area contributed by atoms with E-state index in [9.17, 15) is 13.2 Å². The lowest BCUT2D eigenvalue weighted by Crippen LogP contribution is -2.28. The summed E-state index contributed by atoms with van der Waals surface area (Å²) in [4.78, 5) is 3.99. The zero-order chi connectivity index (χ0) is 11.0. The molecule has 1 atom stereocenters. The maximum Gasteiger partial charge on any atom is 0.195 e. The van der Waals surface area contributed by atoms with Crippen LogP contribution in [-0.4, -0.2) is 18.4 Å². The maximum absolute atomic E-state index is 13.3. The molecule has 0 amide bonds. The van der Waals surface area contributed by atoms with Gasteiger partial charge >= 0.3 is 0 Å². The first kappa shape index (κ1) is 10.0. The predicted octanol–water partition coefficient (Wildman–Crippen LogP) is 1.84. The number of hydrogen-bond acceptors (Lipinski definition) is 2. The summed E-state index contributed by atoms with van der Waals surface area (Å²) in [6.45, 7) is 2.38. The molecule has 2 rings (SSSR count). The van der Waals surface area contributed by atoms with E-state index in [-0.39, 0.29) is 17.4 Å². The molecule has 5 heteroatoms. The van der Waals surface area contributed by atoms with Crippen LogP contribution in [-0.2, 0) is 0 Å². The van der Waals surface area contributed by atoms with Gasteiger partial charge in [-0.2, -0.15) is 0 Å². The van der Waals surface area contributed by atoms with Gasteiger partial charge in [-0.05, 0) is 19.1 Å². The van der Waals surface area contributed by atoms with Crippen molar-refractivity contribution < 1.29 is 13.2 Å². The summed E-state index contributed by atoms with van der Waals surface area (Å²) in [5, 5.41) is 2.88. The fraction of sp³-hybridized carbons (Fsp3) is 0.300. The highest BCUT2D eigenvalue weighted by Crippen LogP contribution is 2.16. The molecule has 0 bridgehead atoms. The van der Waals surface area contributed by atoms with Gasteiger partial charge in [-0.15, -0.1) is 0 Å². The van der Waals surface area contributed by atoms with Gasteiger partial charge in [0.2, 0.25) is 0 Å². The molecule has 1 unspecified atom stereocenters. The van der Waals surface area contributed by atoms with Crippen molar-refractivity contribution in [1.29, 1.82) is 0 Å². The molecule has 0 aliphatic carbocycles. The van der Waals surface area contributed by atoms with Gasteiger partial charge in [0.05, 0.1) is 12.1 Å². The number of nitrogens with one attached hydrogen (secondary N) is 1. The van der Waals surface area contributed by atoms with Crippen molar-refractivity contribution in [2.24, 2.45) is 4.99 Å². The SMILES string of the molecule is CC1CN=C(c2ccc(F)c(F)c2F)N1. The number of amidine groups is 1. The molecule has 0 saturated heterocycles. The predicted molar refractivity (Wildman–Crippen MR) is 50.3 cm³/mol. The minimum Gasteiger partial charge on any atom is -0.365 e. The molecule has 1 aliphatic rings. The number of aliphatic imine (C=N–C) groups is 1. The first-order chi connectivity index (χ1) is 7.09. The van der Waals surface area contributed by atoms with Crippen molar-refractivity contribution >= 4 is 5.84 Å². The van der Waals surface area contributed by atoms with E-state index in [2.05, 4.69) is 10.3 Å². The summed E-state index contributed by atoms with van der Waals surface area (Å²) in [5.74, 6) is -3.58. The van der Waals surface area contributed by atoms with E-state index in [1.165, 1.54) is 6.07 Å². The monoisotopic (exact) mass is 214 g/mol. The van der Waals surface area contributed by atoms with Crippen LogP contribution in [0.4, 0.5) is 13.2 Å². The molecule has 0 saturated carbocycles. The van der Waals surface area contributed by atoms with Crippen molar-refractivity contribution in [3.8, 4) is 0 Å². The molecule has 0 spiro atoms. The number of nitrogens with zero attached hydrogens (tertiary/aromatic N) is 1. The second-order valence-corrected chi connectivity index (χ2v) is 3.46. The lowest BCUT2D eigenvalue weighted by atomic mass is 10.2. The van der Waals surface area contributed by atoms with E-state index in [1.807, 2.05) is 6.92 Å². The van der Waals surface area contributed by atoms with E-state index in [4.69, 9.17) is 0 Å². The van der Waals surface area contributed by atoms with Crippen LogP contribution >= 0.6 is 0 Å². The van der Waals surface area contributed by atoms with E-state index in [1.54, 1.807) is 0 Å². The molecule has 1 aromatic carbocycles. The van der Waals surface area contributed by atoms with E-state index < -0.39 is 17.5 Å². The van der Waals surface area contributed by atoms with Gasteiger partial charge in [0.1, 0.15) is 5.84 Å². The van der Waals surface area contributed by atoms with Crippen molar-refractivity contribution in [3.63, 3.8) is 0 Å². The average Bonchev–Trinajstić information content (AvgIpc) is 2.61. The Kier molecular flexibility index (Phi) is 2.38. The van der Waals surface area contributed by atoms with Crippen molar-refractivity contribution in [2.45, 2.75) is 13.0 Å². The van der Waals surface area contributed by atoms with Crippen molar-refractivity contribution in [3.05, 3.63) is 35.1 Å². The Morgan fingerprint density at radius 3 is 2.60 bits per heavy atom. The molecule has 1 N–H and O–H groups in total. The molecule has 0 radical (unpaired) electrons. The quantitative estimate of drug-likeness (QED) is 0.709. The third-order valence-electron chi connectivity index (χ3n) is 2.20. The highest BCUT2D eigenvalue weighted by molar-refractivity contribution is 6.00. The molecular weight excluding hydrogens is 205 g/mol. The molecule has 2 nitrogen and oxygen atoms in total. The van der Waals surface area contributed by atoms with Crippen LogP contribution in [0.3, 0.4) is 0 Å². The first-order valence-corrected chi connectivity index (χ1v) is 4.54. The van der Waals surface area contributed by atoms with E-state index in [0.717, 1.165) is 6.07 Å². The van der Waals surface area contributed by atoms with Gasteiger partial charge in [0, 0.05) is 6.04 Å². The summed E-state index contributed by atoms with van der Waals surface area (Å²) in [6, 6.07) is 2.16. The van der Waals surface area contributed by atoms with E-state index in [0.29, 0.717) is 6.54 Å². The number of hydrogen-bond donors (Lipinski definition) is 1. The van der Waals surface area contributed by atoms with Gasteiger partial charge in [-0.3, -0.25) is 4.99 Å². The van der Waals surface area contributed by atoms with Crippen LogP contribution in [0.25, 0.3) is 0 Å². The highest BCUT2D eigenvalue weighted by Gasteiger charge is 2.21.